The first-order valence-corrected chi connectivity index (χ1v) is 8.28. The molecule has 0 fully saturated rings. The van der Waals surface area contributed by atoms with Crippen molar-refractivity contribution in [1.82, 2.24) is 14.6 Å². The molecule has 1 aromatic heterocycles. The van der Waals surface area contributed by atoms with Crippen molar-refractivity contribution in [3.63, 3.8) is 0 Å². The fraction of sp³-hybridized carbons (Fsp3) is 0.294. The summed E-state index contributed by atoms with van der Waals surface area (Å²) in [6, 6.07) is 6.86. The molecule has 26 heavy (non-hydrogen) atoms. The molecule has 1 aromatic carbocycles. The largest absolute Gasteiger partial charge is 0.496 e. The summed E-state index contributed by atoms with van der Waals surface area (Å²) < 4.78 is 6.76. The van der Waals surface area contributed by atoms with Crippen molar-refractivity contribution in [1.29, 1.82) is 0 Å². The lowest BCUT2D eigenvalue weighted by atomic mass is 9.98. The topological polar surface area (TPSA) is 99.9 Å². The van der Waals surface area contributed by atoms with E-state index in [2.05, 4.69) is 10.1 Å². The Morgan fingerprint density at radius 3 is 2.77 bits per heavy atom. The fourth-order valence-corrected chi connectivity index (χ4v) is 3.18. The van der Waals surface area contributed by atoms with Gasteiger partial charge in [-0.05, 0) is 18.3 Å². The van der Waals surface area contributed by atoms with Gasteiger partial charge in [0.2, 0.25) is 11.8 Å². The molecule has 9 heteroatoms. The number of ether oxygens (including phenoxy) is 1. The predicted octanol–water partition coefficient (Wildman–Crippen LogP) is 1.85. The van der Waals surface area contributed by atoms with Gasteiger partial charge in [0.15, 0.2) is 4.77 Å². The zero-order chi connectivity index (χ0) is 19.0. The van der Waals surface area contributed by atoms with Gasteiger partial charge in [0.1, 0.15) is 11.3 Å². The van der Waals surface area contributed by atoms with E-state index in [1.54, 1.807) is 13.2 Å². The summed E-state index contributed by atoms with van der Waals surface area (Å²) in [5, 5.41) is 16.0. The van der Waals surface area contributed by atoms with Gasteiger partial charge in [0.25, 0.3) is 5.56 Å². The number of hydrogen-bond donors (Lipinski definition) is 2. The molecule has 0 radical (unpaired) electrons. The lowest BCUT2D eigenvalue weighted by Crippen LogP contribution is -2.24. The first-order valence-electron chi connectivity index (χ1n) is 7.88. The Kier molecular flexibility index (Phi) is 4.64. The highest BCUT2D eigenvalue weighted by Crippen LogP contribution is 2.37. The second-order valence-electron chi connectivity index (χ2n) is 5.89. The number of amides is 1. The number of para-hydroxylation sites is 1. The van der Waals surface area contributed by atoms with E-state index >= 15 is 0 Å². The second kappa shape index (κ2) is 6.75. The highest BCUT2D eigenvalue weighted by atomic mass is 32.1. The van der Waals surface area contributed by atoms with E-state index in [9.17, 15) is 14.7 Å². The van der Waals surface area contributed by atoms with E-state index < -0.39 is 11.6 Å². The maximum atomic E-state index is 12.3. The Morgan fingerprint density at radius 1 is 1.42 bits per heavy atom. The van der Waals surface area contributed by atoms with E-state index in [4.69, 9.17) is 17.0 Å². The standard InChI is InChI=1S/C17H18N4O4S/c1-9(22)21-12(10-6-4-5-7-13(10)25-3)8-11(19-21)14-15(23)18-17(26)20(2)16(14)24/h4-7,12,24H,8H2,1-3H3,(H,18,23,26)/t12-/m0/s1. The maximum absolute atomic E-state index is 12.3. The fourth-order valence-electron chi connectivity index (χ4n) is 3.00. The van der Waals surface area contributed by atoms with Crippen LogP contribution in [-0.4, -0.2) is 38.4 Å². The number of hydrogen-bond acceptors (Lipinski definition) is 6. The van der Waals surface area contributed by atoms with E-state index in [0.717, 1.165) is 5.56 Å². The van der Waals surface area contributed by atoms with Crippen LogP contribution in [0.4, 0.5) is 0 Å². The summed E-state index contributed by atoms with van der Waals surface area (Å²) in [5.74, 6) is 0.0440. The van der Waals surface area contributed by atoms with E-state index in [1.807, 2.05) is 18.2 Å². The Bertz CT molecular complexity index is 1020. The summed E-state index contributed by atoms with van der Waals surface area (Å²) >= 11 is 4.99. The molecule has 1 amide bonds. The van der Waals surface area contributed by atoms with Crippen molar-refractivity contribution in [3.8, 4) is 11.6 Å². The molecule has 0 spiro atoms. The molecule has 1 atom stereocenters. The molecule has 0 aliphatic carbocycles. The molecule has 0 bridgehead atoms. The molecule has 0 saturated carbocycles. The minimum atomic E-state index is -0.548. The number of rotatable bonds is 3. The van der Waals surface area contributed by atoms with Crippen molar-refractivity contribution in [2.24, 2.45) is 12.1 Å². The number of benzene rings is 1. The molecule has 2 heterocycles. The molecule has 0 saturated heterocycles. The Morgan fingerprint density at radius 2 is 2.12 bits per heavy atom. The van der Waals surface area contributed by atoms with E-state index in [1.165, 1.54) is 23.5 Å². The van der Waals surface area contributed by atoms with Crippen molar-refractivity contribution in [3.05, 3.63) is 50.5 Å². The van der Waals surface area contributed by atoms with Gasteiger partial charge >= 0.3 is 0 Å². The molecular formula is C17H18N4O4S. The van der Waals surface area contributed by atoms with Crippen molar-refractivity contribution in [2.75, 3.05) is 7.11 Å². The van der Waals surface area contributed by atoms with E-state index in [0.29, 0.717) is 11.5 Å². The molecule has 136 valence electrons. The third-order valence-electron chi connectivity index (χ3n) is 4.31. The number of aromatic nitrogens is 2. The average molecular weight is 374 g/mol. The number of methoxy groups -OCH3 is 1. The minimum absolute atomic E-state index is 0.00440. The van der Waals surface area contributed by atoms with Crippen LogP contribution in [0.3, 0.4) is 0 Å². The van der Waals surface area contributed by atoms with Gasteiger partial charge in [-0.1, -0.05) is 18.2 Å². The molecule has 0 unspecified atom stereocenters. The SMILES string of the molecule is COc1ccccc1[C@@H]1CC(c2c(O)n(C)c(=S)[nH]c2=O)=NN1C(C)=O. The summed E-state index contributed by atoms with van der Waals surface area (Å²) in [4.78, 5) is 26.9. The number of hydrazone groups is 1. The van der Waals surface area contributed by atoms with Crippen LogP contribution in [0.2, 0.25) is 0 Å². The van der Waals surface area contributed by atoms with E-state index in [-0.39, 0.29) is 28.5 Å². The Hall–Kier alpha value is -2.94. The summed E-state index contributed by atoms with van der Waals surface area (Å²) in [7, 11) is 3.08. The number of nitrogens with zero attached hydrogens (tertiary/aromatic N) is 3. The smallest absolute Gasteiger partial charge is 0.264 e. The second-order valence-corrected chi connectivity index (χ2v) is 6.28. The van der Waals surface area contributed by atoms with Crippen LogP contribution in [0.1, 0.15) is 30.5 Å². The number of H-pyrrole nitrogens is 1. The zero-order valence-electron chi connectivity index (χ0n) is 14.5. The highest BCUT2D eigenvalue weighted by molar-refractivity contribution is 7.71. The quantitative estimate of drug-likeness (QED) is 0.799. The van der Waals surface area contributed by atoms with Crippen LogP contribution in [-0.2, 0) is 11.8 Å². The normalized spacial score (nSPS) is 16.5. The van der Waals surface area contributed by atoms with Gasteiger partial charge in [-0.2, -0.15) is 5.10 Å². The number of nitrogens with one attached hydrogen (secondary N) is 1. The average Bonchev–Trinajstić information content (AvgIpc) is 3.04. The van der Waals surface area contributed by atoms with Gasteiger partial charge in [0, 0.05) is 26.0 Å². The van der Waals surface area contributed by atoms with Crippen LogP contribution in [0.5, 0.6) is 11.6 Å². The first-order chi connectivity index (χ1) is 12.3. The van der Waals surface area contributed by atoms with Crippen molar-refractivity contribution >= 4 is 23.8 Å². The third-order valence-corrected chi connectivity index (χ3v) is 4.69. The summed E-state index contributed by atoms with van der Waals surface area (Å²) in [5.41, 5.74) is 0.530. The van der Waals surface area contributed by atoms with Crippen molar-refractivity contribution in [2.45, 2.75) is 19.4 Å². The minimum Gasteiger partial charge on any atom is -0.496 e. The molecule has 2 aromatic rings. The van der Waals surface area contributed by atoms with Gasteiger partial charge < -0.3 is 9.84 Å². The lowest BCUT2D eigenvalue weighted by Gasteiger charge is -2.22. The lowest BCUT2D eigenvalue weighted by molar-refractivity contribution is -0.130. The maximum Gasteiger partial charge on any atom is 0.264 e. The van der Waals surface area contributed by atoms with Crippen molar-refractivity contribution < 1.29 is 14.6 Å². The molecule has 1 aliphatic heterocycles. The van der Waals surface area contributed by atoms with Gasteiger partial charge in [-0.15, -0.1) is 0 Å². The van der Waals surface area contributed by atoms with Gasteiger partial charge in [-0.25, -0.2) is 5.01 Å². The summed E-state index contributed by atoms with van der Waals surface area (Å²) in [6.07, 6.45) is 0.257. The first kappa shape index (κ1) is 17.9. The van der Waals surface area contributed by atoms with Crippen LogP contribution in [0, 0.1) is 4.77 Å². The Labute approximate surface area is 154 Å². The third kappa shape index (κ3) is 2.90. The van der Waals surface area contributed by atoms with Gasteiger partial charge in [0.05, 0.1) is 18.9 Å². The van der Waals surface area contributed by atoms with Crippen LogP contribution < -0.4 is 10.3 Å². The molecule has 1 aliphatic rings. The number of aromatic amines is 1. The zero-order valence-corrected chi connectivity index (χ0v) is 15.3. The van der Waals surface area contributed by atoms with Crippen LogP contribution >= 0.6 is 12.2 Å². The molecule has 2 N–H and O–H groups in total. The number of aromatic hydroxyl groups is 1. The van der Waals surface area contributed by atoms with Crippen LogP contribution in [0.15, 0.2) is 34.2 Å². The van der Waals surface area contributed by atoms with Gasteiger partial charge in [-0.3, -0.25) is 19.1 Å². The number of carbonyl (C=O) groups excluding carboxylic acids is 1. The number of carbonyl (C=O) groups is 1. The predicted molar refractivity (Wildman–Crippen MR) is 97.9 cm³/mol. The molecular weight excluding hydrogens is 356 g/mol. The monoisotopic (exact) mass is 374 g/mol. The Balaban J connectivity index is 2.12. The van der Waals surface area contributed by atoms with Crippen LogP contribution in [0.25, 0.3) is 0 Å². The highest BCUT2D eigenvalue weighted by Gasteiger charge is 2.35. The summed E-state index contributed by atoms with van der Waals surface area (Å²) in [6.45, 7) is 1.39. The molecule has 8 nitrogen and oxygen atoms in total. The molecule has 3 rings (SSSR count).